The lowest BCUT2D eigenvalue weighted by molar-refractivity contribution is 0.0948. The zero-order valence-electron chi connectivity index (χ0n) is 16.6. The molecule has 2 rings (SSSR count). The molecule has 1 fully saturated rings. The third kappa shape index (κ3) is 5.10. The molecule has 1 atom stereocenters. The van der Waals surface area contributed by atoms with Crippen molar-refractivity contribution in [3.05, 3.63) is 40.7 Å². The first kappa shape index (κ1) is 19.6. The first-order chi connectivity index (χ1) is 11.7. The minimum absolute atomic E-state index is 0.0174. The number of aryl methyl sites for hydroxylation is 1. The van der Waals surface area contributed by atoms with Crippen molar-refractivity contribution in [1.29, 1.82) is 0 Å². The molecule has 3 nitrogen and oxygen atoms in total. The van der Waals surface area contributed by atoms with Gasteiger partial charge in [0, 0.05) is 12.2 Å². The van der Waals surface area contributed by atoms with Crippen LogP contribution in [0.25, 0.3) is 6.08 Å². The van der Waals surface area contributed by atoms with Crippen LogP contribution >= 0.6 is 0 Å². The molecule has 0 bridgehead atoms. The highest BCUT2D eigenvalue weighted by Gasteiger charge is 2.29. The number of hydrogen-bond acceptors (Lipinski definition) is 1. The highest BCUT2D eigenvalue weighted by Crippen LogP contribution is 2.42. The smallest absolute Gasteiger partial charge is 0.267 e. The standard InChI is InChI=1S/C22H34N2O/c1-7-8-11-23-21(25)20-12-16(3)19(24-20)14-17-13-18(22(4,5)6)10-9-15(17)2/h12,14,18,24H,2,7-11,13H2,1,3-6H3,(H,23,25)/b17-14-. The summed E-state index contributed by atoms with van der Waals surface area (Å²) >= 11 is 0. The Kier molecular flexibility index (Phi) is 6.31. The van der Waals surface area contributed by atoms with Gasteiger partial charge >= 0.3 is 0 Å². The third-order valence-corrected chi connectivity index (χ3v) is 5.37. The number of carbonyl (C=O) groups excluding carboxylic acids is 1. The lowest BCUT2D eigenvalue weighted by atomic mass is 9.69. The molecule has 1 aliphatic carbocycles. The second-order valence-corrected chi connectivity index (χ2v) is 8.47. The summed E-state index contributed by atoms with van der Waals surface area (Å²) in [6.07, 6.45) is 7.65. The number of amides is 1. The fourth-order valence-corrected chi connectivity index (χ4v) is 3.42. The number of rotatable bonds is 5. The van der Waals surface area contributed by atoms with E-state index in [1.807, 2.05) is 6.07 Å². The van der Waals surface area contributed by atoms with Crippen LogP contribution in [0.1, 0.15) is 81.5 Å². The molecule has 0 aromatic carbocycles. The van der Waals surface area contributed by atoms with E-state index in [2.05, 4.69) is 57.6 Å². The summed E-state index contributed by atoms with van der Waals surface area (Å²) in [4.78, 5) is 15.5. The number of aromatic nitrogens is 1. The van der Waals surface area contributed by atoms with Gasteiger partial charge in [-0.2, -0.15) is 0 Å². The molecule has 0 saturated heterocycles. The van der Waals surface area contributed by atoms with Crippen molar-refractivity contribution in [2.24, 2.45) is 11.3 Å². The van der Waals surface area contributed by atoms with Crippen molar-refractivity contribution in [2.45, 2.75) is 66.7 Å². The summed E-state index contributed by atoms with van der Waals surface area (Å²) < 4.78 is 0. The van der Waals surface area contributed by atoms with Crippen LogP contribution in [0.2, 0.25) is 0 Å². The molecule has 0 radical (unpaired) electrons. The Morgan fingerprint density at radius 2 is 2.16 bits per heavy atom. The van der Waals surface area contributed by atoms with Crippen LogP contribution in [-0.2, 0) is 0 Å². The van der Waals surface area contributed by atoms with Gasteiger partial charge in [0.1, 0.15) is 5.69 Å². The molecule has 3 heteroatoms. The van der Waals surface area contributed by atoms with Gasteiger partial charge in [-0.1, -0.05) is 46.3 Å². The molecule has 25 heavy (non-hydrogen) atoms. The first-order valence-electron chi connectivity index (χ1n) is 9.59. The Morgan fingerprint density at radius 1 is 1.44 bits per heavy atom. The summed E-state index contributed by atoms with van der Waals surface area (Å²) in [5.74, 6) is 0.660. The maximum atomic E-state index is 12.2. The average Bonchev–Trinajstić information content (AvgIpc) is 2.89. The molecular weight excluding hydrogens is 308 g/mol. The van der Waals surface area contributed by atoms with Gasteiger partial charge in [0.15, 0.2) is 0 Å². The van der Waals surface area contributed by atoms with Crippen molar-refractivity contribution in [3.8, 4) is 0 Å². The summed E-state index contributed by atoms with van der Waals surface area (Å²) in [6.45, 7) is 16.1. The van der Waals surface area contributed by atoms with Crippen molar-refractivity contribution in [3.63, 3.8) is 0 Å². The van der Waals surface area contributed by atoms with Crippen LogP contribution in [0.5, 0.6) is 0 Å². The van der Waals surface area contributed by atoms with Crippen LogP contribution in [0, 0.1) is 18.3 Å². The number of allylic oxidation sites excluding steroid dienone is 2. The normalized spacial score (nSPS) is 20.1. The predicted octanol–water partition coefficient (Wildman–Crippen LogP) is 5.64. The molecule has 0 spiro atoms. The monoisotopic (exact) mass is 342 g/mol. The Labute approximate surface area is 153 Å². The van der Waals surface area contributed by atoms with Gasteiger partial charge in [-0.3, -0.25) is 4.79 Å². The zero-order valence-corrected chi connectivity index (χ0v) is 16.6. The fraction of sp³-hybridized carbons (Fsp3) is 0.591. The van der Waals surface area contributed by atoms with E-state index in [1.54, 1.807) is 0 Å². The molecule has 138 valence electrons. The Morgan fingerprint density at radius 3 is 2.80 bits per heavy atom. The molecule has 0 aliphatic heterocycles. The van der Waals surface area contributed by atoms with Gasteiger partial charge in [-0.25, -0.2) is 0 Å². The number of carbonyl (C=O) groups is 1. The van der Waals surface area contributed by atoms with Crippen LogP contribution in [0.15, 0.2) is 23.8 Å². The van der Waals surface area contributed by atoms with E-state index in [-0.39, 0.29) is 5.91 Å². The van der Waals surface area contributed by atoms with Gasteiger partial charge in [0.2, 0.25) is 0 Å². The summed E-state index contributed by atoms with van der Waals surface area (Å²) in [6, 6.07) is 1.94. The van der Waals surface area contributed by atoms with E-state index in [0.717, 1.165) is 43.5 Å². The van der Waals surface area contributed by atoms with Crippen LogP contribution in [0.4, 0.5) is 0 Å². The number of aromatic amines is 1. The van der Waals surface area contributed by atoms with Crippen LogP contribution < -0.4 is 5.32 Å². The van der Waals surface area contributed by atoms with E-state index in [9.17, 15) is 4.79 Å². The zero-order chi connectivity index (χ0) is 18.6. The summed E-state index contributed by atoms with van der Waals surface area (Å²) in [5.41, 5.74) is 5.67. The molecule has 1 aliphatic rings. The van der Waals surface area contributed by atoms with Gasteiger partial charge in [-0.15, -0.1) is 0 Å². The minimum atomic E-state index is -0.0174. The van der Waals surface area contributed by atoms with E-state index in [1.165, 1.54) is 17.6 Å². The number of H-pyrrole nitrogens is 1. The molecule has 1 saturated carbocycles. The summed E-state index contributed by atoms with van der Waals surface area (Å²) in [5, 5.41) is 2.97. The Bertz CT molecular complexity index is 658. The van der Waals surface area contributed by atoms with Crippen molar-refractivity contribution in [2.75, 3.05) is 6.54 Å². The Balaban J connectivity index is 2.16. The van der Waals surface area contributed by atoms with E-state index < -0.39 is 0 Å². The van der Waals surface area contributed by atoms with E-state index >= 15 is 0 Å². The molecule has 1 aromatic rings. The largest absolute Gasteiger partial charge is 0.351 e. The second-order valence-electron chi connectivity index (χ2n) is 8.47. The molecule has 1 heterocycles. The highest BCUT2D eigenvalue weighted by atomic mass is 16.1. The molecule has 1 unspecified atom stereocenters. The lowest BCUT2D eigenvalue weighted by Crippen LogP contribution is -2.24. The predicted molar refractivity (Wildman–Crippen MR) is 107 cm³/mol. The SMILES string of the molecule is C=C1CCC(C(C)(C)C)C/C1=C/c1[nH]c(C(=O)NCCCC)cc1C. The average molecular weight is 343 g/mol. The second kappa shape index (κ2) is 8.07. The van der Waals surface area contributed by atoms with Gasteiger partial charge in [0.05, 0.1) is 0 Å². The molecule has 1 aromatic heterocycles. The third-order valence-electron chi connectivity index (χ3n) is 5.37. The summed E-state index contributed by atoms with van der Waals surface area (Å²) in [7, 11) is 0. The van der Waals surface area contributed by atoms with Crippen LogP contribution in [-0.4, -0.2) is 17.4 Å². The fourth-order valence-electron chi connectivity index (χ4n) is 3.42. The quantitative estimate of drug-likeness (QED) is 0.668. The molecule has 1 amide bonds. The van der Waals surface area contributed by atoms with E-state index in [0.29, 0.717) is 17.0 Å². The maximum absolute atomic E-state index is 12.2. The van der Waals surface area contributed by atoms with Crippen molar-refractivity contribution >= 4 is 12.0 Å². The van der Waals surface area contributed by atoms with Gasteiger partial charge in [-0.05, 0) is 67.2 Å². The van der Waals surface area contributed by atoms with E-state index in [4.69, 9.17) is 0 Å². The maximum Gasteiger partial charge on any atom is 0.267 e. The number of unbranched alkanes of at least 4 members (excludes halogenated alkanes) is 1. The Hall–Kier alpha value is -1.77. The minimum Gasteiger partial charge on any atom is -0.351 e. The number of nitrogens with one attached hydrogen (secondary N) is 2. The van der Waals surface area contributed by atoms with Crippen molar-refractivity contribution in [1.82, 2.24) is 10.3 Å². The topological polar surface area (TPSA) is 44.9 Å². The molecule has 2 N–H and O–H groups in total. The molecular formula is C22H34N2O. The lowest BCUT2D eigenvalue weighted by Gasteiger charge is -2.36. The number of hydrogen-bond donors (Lipinski definition) is 2. The highest BCUT2D eigenvalue weighted by molar-refractivity contribution is 5.93. The first-order valence-corrected chi connectivity index (χ1v) is 9.59. The van der Waals surface area contributed by atoms with Gasteiger partial charge in [0.25, 0.3) is 5.91 Å². The van der Waals surface area contributed by atoms with Gasteiger partial charge < -0.3 is 10.3 Å². The van der Waals surface area contributed by atoms with Crippen molar-refractivity contribution < 1.29 is 4.79 Å². The van der Waals surface area contributed by atoms with Crippen LogP contribution in [0.3, 0.4) is 0 Å².